The highest BCUT2D eigenvalue weighted by atomic mass is 79.9. The topological polar surface area (TPSA) is 72.2 Å². The Morgan fingerprint density at radius 2 is 2.11 bits per heavy atom. The van der Waals surface area contributed by atoms with Crippen LogP contribution in [0.1, 0.15) is 18.9 Å². The van der Waals surface area contributed by atoms with E-state index in [2.05, 4.69) is 20.7 Å². The van der Waals surface area contributed by atoms with Gasteiger partial charge in [0.05, 0.1) is 4.90 Å². The van der Waals surface area contributed by atoms with Gasteiger partial charge in [-0.1, -0.05) is 15.9 Å². The molecule has 1 aromatic carbocycles. The number of thioether (sulfide) groups is 1. The van der Waals surface area contributed by atoms with Crippen LogP contribution in [-0.2, 0) is 10.0 Å². The predicted molar refractivity (Wildman–Crippen MR) is 86.1 cm³/mol. The first kappa shape index (κ1) is 16.8. The standard InChI is InChI=1S/C12H19BrN2O2S2/c1-8(4-5-18-3)15-19(16,17)12-7-10(13)6-11(14)9(12)2/h6-8,15H,4-5,14H2,1-3H3. The minimum absolute atomic E-state index is 0.0999. The van der Waals surface area contributed by atoms with E-state index in [-0.39, 0.29) is 10.9 Å². The van der Waals surface area contributed by atoms with Gasteiger partial charge in [0.15, 0.2) is 0 Å². The minimum atomic E-state index is -3.53. The molecule has 108 valence electrons. The van der Waals surface area contributed by atoms with Crippen molar-refractivity contribution in [3.05, 3.63) is 22.2 Å². The maximum Gasteiger partial charge on any atom is 0.241 e. The summed E-state index contributed by atoms with van der Waals surface area (Å²) < 4.78 is 28.0. The van der Waals surface area contributed by atoms with Gasteiger partial charge in [-0.25, -0.2) is 13.1 Å². The number of benzene rings is 1. The summed E-state index contributed by atoms with van der Waals surface area (Å²) in [7, 11) is -3.53. The summed E-state index contributed by atoms with van der Waals surface area (Å²) in [5, 5.41) is 0. The summed E-state index contributed by atoms with van der Waals surface area (Å²) in [4.78, 5) is 0.232. The Morgan fingerprint density at radius 1 is 1.47 bits per heavy atom. The molecular formula is C12H19BrN2O2S2. The first-order chi connectivity index (χ1) is 8.77. The van der Waals surface area contributed by atoms with Crippen molar-refractivity contribution in [2.45, 2.75) is 31.2 Å². The summed E-state index contributed by atoms with van der Waals surface area (Å²) >= 11 is 4.97. The molecule has 0 aliphatic heterocycles. The van der Waals surface area contributed by atoms with E-state index in [1.54, 1.807) is 30.8 Å². The third-order valence-corrected chi connectivity index (χ3v) is 5.58. The molecule has 0 amide bonds. The molecule has 3 N–H and O–H groups in total. The van der Waals surface area contributed by atoms with Crippen molar-refractivity contribution >= 4 is 43.4 Å². The van der Waals surface area contributed by atoms with Crippen molar-refractivity contribution in [3.8, 4) is 0 Å². The van der Waals surface area contributed by atoms with Crippen LogP contribution in [0.15, 0.2) is 21.5 Å². The Hall–Kier alpha value is -0.240. The van der Waals surface area contributed by atoms with Crippen LogP contribution in [0.3, 0.4) is 0 Å². The quantitative estimate of drug-likeness (QED) is 0.759. The van der Waals surface area contributed by atoms with Crippen molar-refractivity contribution in [1.82, 2.24) is 4.72 Å². The van der Waals surface area contributed by atoms with Gasteiger partial charge in [-0.15, -0.1) is 0 Å². The lowest BCUT2D eigenvalue weighted by Gasteiger charge is -2.16. The molecule has 7 heteroatoms. The van der Waals surface area contributed by atoms with Crippen molar-refractivity contribution in [2.75, 3.05) is 17.7 Å². The van der Waals surface area contributed by atoms with E-state index in [0.29, 0.717) is 15.7 Å². The molecule has 1 atom stereocenters. The molecule has 1 aromatic rings. The first-order valence-electron chi connectivity index (χ1n) is 5.85. The van der Waals surface area contributed by atoms with Crippen LogP contribution in [0.25, 0.3) is 0 Å². The van der Waals surface area contributed by atoms with Crippen LogP contribution >= 0.6 is 27.7 Å². The highest BCUT2D eigenvalue weighted by Gasteiger charge is 2.21. The molecule has 1 rings (SSSR count). The SMILES string of the molecule is CSCCC(C)NS(=O)(=O)c1cc(Br)cc(N)c1C. The average molecular weight is 367 g/mol. The number of nitrogens with two attached hydrogens (primary N) is 1. The van der Waals surface area contributed by atoms with Crippen LogP contribution in [0, 0.1) is 6.92 Å². The second-order valence-electron chi connectivity index (χ2n) is 4.42. The molecule has 1 unspecified atom stereocenters. The van der Waals surface area contributed by atoms with E-state index in [9.17, 15) is 8.42 Å². The molecule has 0 aromatic heterocycles. The number of anilines is 1. The molecule has 0 spiro atoms. The number of halogens is 1. The highest BCUT2D eigenvalue weighted by molar-refractivity contribution is 9.10. The third-order valence-electron chi connectivity index (χ3n) is 2.77. The summed E-state index contributed by atoms with van der Waals surface area (Å²) in [6.07, 6.45) is 2.79. The maximum atomic E-state index is 12.3. The summed E-state index contributed by atoms with van der Waals surface area (Å²) in [5.74, 6) is 0.920. The molecule has 0 fully saturated rings. The predicted octanol–water partition coefficient (Wildman–Crippen LogP) is 2.76. The molecule has 0 radical (unpaired) electrons. The normalized spacial score (nSPS) is 13.5. The molecule has 0 heterocycles. The molecule has 0 aliphatic carbocycles. The molecule has 0 aliphatic rings. The van der Waals surface area contributed by atoms with Crippen LogP contribution in [0.4, 0.5) is 5.69 Å². The van der Waals surface area contributed by atoms with Crippen LogP contribution in [-0.4, -0.2) is 26.5 Å². The van der Waals surface area contributed by atoms with E-state index in [0.717, 1.165) is 12.2 Å². The molecule has 0 bridgehead atoms. The summed E-state index contributed by atoms with van der Waals surface area (Å²) in [6, 6.07) is 3.18. The monoisotopic (exact) mass is 366 g/mol. The van der Waals surface area contributed by atoms with Crippen molar-refractivity contribution in [3.63, 3.8) is 0 Å². The Balaban J connectivity index is 3.01. The Labute approximate surface area is 127 Å². The number of sulfonamides is 1. The minimum Gasteiger partial charge on any atom is -0.398 e. The zero-order valence-electron chi connectivity index (χ0n) is 11.2. The first-order valence-corrected chi connectivity index (χ1v) is 9.52. The van der Waals surface area contributed by atoms with Gasteiger partial charge in [0.2, 0.25) is 10.0 Å². The van der Waals surface area contributed by atoms with Gasteiger partial charge in [-0.2, -0.15) is 11.8 Å². The smallest absolute Gasteiger partial charge is 0.241 e. The number of hydrogen-bond donors (Lipinski definition) is 2. The van der Waals surface area contributed by atoms with Crippen LogP contribution in [0.2, 0.25) is 0 Å². The largest absolute Gasteiger partial charge is 0.398 e. The lowest BCUT2D eigenvalue weighted by atomic mass is 10.2. The van der Waals surface area contributed by atoms with Gasteiger partial charge in [0, 0.05) is 16.2 Å². The van der Waals surface area contributed by atoms with E-state index in [1.165, 1.54) is 0 Å². The van der Waals surface area contributed by atoms with Gasteiger partial charge < -0.3 is 5.73 Å². The fourth-order valence-corrected chi connectivity index (χ4v) is 4.43. The number of hydrogen-bond acceptors (Lipinski definition) is 4. The number of nitrogens with one attached hydrogen (secondary N) is 1. The zero-order chi connectivity index (χ0) is 14.6. The fraction of sp³-hybridized carbons (Fsp3) is 0.500. The Morgan fingerprint density at radius 3 is 2.68 bits per heavy atom. The van der Waals surface area contributed by atoms with Gasteiger partial charge in [0.25, 0.3) is 0 Å². The lowest BCUT2D eigenvalue weighted by Crippen LogP contribution is -2.33. The molecular weight excluding hydrogens is 348 g/mol. The van der Waals surface area contributed by atoms with Gasteiger partial charge in [0.1, 0.15) is 0 Å². The number of rotatable bonds is 6. The average Bonchev–Trinajstić information content (AvgIpc) is 2.30. The van der Waals surface area contributed by atoms with Gasteiger partial charge in [-0.05, 0) is 50.0 Å². The number of nitrogen functional groups attached to an aromatic ring is 1. The molecule has 19 heavy (non-hydrogen) atoms. The van der Waals surface area contributed by atoms with Crippen molar-refractivity contribution in [2.24, 2.45) is 0 Å². The molecule has 4 nitrogen and oxygen atoms in total. The fourth-order valence-electron chi connectivity index (χ4n) is 1.64. The van der Waals surface area contributed by atoms with E-state index in [4.69, 9.17) is 5.73 Å². The van der Waals surface area contributed by atoms with Crippen molar-refractivity contribution in [1.29, 1.82) is 0 Å². The summed E-state index contributed by atoms with van der Waals surface area (Å²) in [6.45, 7) is 3.58. The Kier molecular flexibility index (Phi) is 6.16. The van der Waals surface area contributed by atoms with Gasteiger partial charge >= 0.3 is 0 Å². The molecule has 0 saturated carbocycles. The van der Waals surface area contributed by atoms with Crippen LogP contribution in [0.5, 0.6) is 0 Å². The highest BCUT2D eigenvalue weighted by Crippen LogP contribution is 2.26. The molecule has 0 saturated heterocycles. The van der Waals surface area contributed by atoms with E-state index >= 15 is 0 Å². The maximum absolute atomic E-state index is 12.3. The van der Waals surface area contributed by atoms with Gasteiger partial charge in [-0.3, -0.25) is 0 Å². The second-order valence-corrected chi connectivity index (χ2v) is 8.01. The van der Waals surface area contributed by atoms with Crippen LogP contribution < -0.4 is 10.5 Å². The third kappa shape index (κ3) is 4.66. The van der Waals surface area contributed by atoms with E-state index in [1.807, 2.05) is 13.2 Å². The second kappa shape index (κ2) is 6.97. The Bertz CT molecular complexity index is 547. The summed E-state index contributed by atoms with van der Waals surface area (Å²) in [5.41, 5.74) is 6.84. The zero-order valence-corrected chi connectivity index (χ0v) is 14.5. The van der Waals surface area contributed by atoms with Crippen molar-refractivity contribution < 1.29 is 8.42 Å². The lowest BCUT2D eigenvalue weighted by molar-refractivity contribution is 0.556. The van der Waals surface area contributed by atoms with E-state index < -0.39 is 10.0 Å².